The van der Waals surface area contributed by atoms with E-state index >= 15 is 0 Å². The molecule has 0 unspecified atom stereocenters. The van der Waals surface area contributed by atoms with Crippen molar-refractivity contribution in [1.29, 1.82) is 0 Å². The molecule has 2 nitrogen and oxygen atoms in total. The third kappa shape index (κ3) is 4.03. The van der Waals surface area contributed by atoms with Crippen LogP contribution in [0.3, 0.4) is 0 Å². The molecule has 23 heavy (non-hydrogen) atoms. The van der Waals surface area contributed by atoms with Gasteiger partial charge in [0, 0.05) is 30.2 Å². The number of hydrogen-bond acceptors (Lipinski definition) is 1. The Balaban J connectivity index is 1.69. The van der Waals surface area contributed by atoms with Crippen molar-refractivity contribution in [2.45, 2.75) is 19.9 Å². The number of H-pyrrole nitrogens is 1. The van der Waals surface area contributed by atoms with E-state index in [1.165, 1.54) is 22.0 Å². The average Bonchev–Trinajstić information content (AvgIpc) is 3.01. The predicted molar refractivity (Wildman–Crippen MR) is 97.2 cm³/mol. The van der Waals surface area contributed by atoms with Gasteiger partial charge in [-0.05, 0) is 30.5 Å². The minimum Gasteiger partial charge on any atom is -0.361 e. The molecule has 0 atom stereocenters. The zero-order chi connectivity index (χ0) is 15.9. The zero-order valence-electron chi connectivity index (χ0n) is 13.5. The summed E-state index contributed by atoms with van der Waals surface area (Å²) in [5, 5.41) is 1.33. The number of aromatic nitrogens is 1. The third-order valence-electron chi connectivity index (χ3n) is 4.10. The van der Waals surface area contributed by atoms with Gasteiger partial charge in [0.2, 0.25) is 0 Å². The summed E-state index contributed by atoms with van der Waals surface area (Å²) < 4.78 is 0. The number of para-hydroxylation sites is 1. The van der Waals surface area contributed by atoms with Crippen molar-refractivity contribution in [1.82, 2.24) is 9.88 Å². The topological polar surface area (TPSA) is 19.0 Å². The Labute approximate surface area is 138 Å². The molecule has 3 rings (SSSR count). The van der Waals surface area contributed by atoms with Crippen LogP contribution in [0.2, 0.25) is 0 Å². The maximum absolute atomic E-state index is 3.36. The van der Waals surface area contributed by atoms with Crippen molar-refractivity contribution >= 4 is 10.9 Å². The van der Waals surface area contributed by atoms with Crippen molar-refractivity contribution in [3.05, 3.63) is 71.9 Å². The van der Waals surface area contributed by atoms with Crippen LogP contribution in [0, 0.1) is 11.8 Å². The minimum atomic E-state index is 0.813. The molecule has 0 saturated heterocycles. The third-order valence-corrected chi connectivity index (χ3v) is 4.10. The van der Waals surface area contributed by atoms with Gasteiger partial charge in [-0.2, -0.15) is 0 Å². The number of fused-ring (bicyclic) bond motifs is 1. The van der Waals surface area contributed by atoms with Crippen molar-refractivity contribution in [3.63, 3.8) is 0 Å². The van der Waals surface area contributed by atoms with Crippen LogP contribution in [-0.2, 0) is 13.0 Å². The first-order valence-electron chi connectivity index (χ1n) is 8.07. The van der Waals surface area contributed by atoms with Gasteiger partial charge in [-0.1, -0.05) is 54.5 Å². The van der Waals surface area contributed by atoms with E-state index in [1.807, 2.05) is 6.92 Å². The molecule has 0 bridgehead atoms. The summed E-state index contributed by atoms with van der Waals surface area (Å²) in [6.07, 6.45) is 3.17. The van der Waals surface area contributed by atoms with Crippen molar-refractivity contribution in [2.75, 3.05) is 13.1 Å². The van der Waals surface area contributed by atoms with E-state index in [0.717, 1.165) is 26.1 Å². The molecule has 0 fully saturated rings. The van der Waals surface area contributed by atoms with E-state index in [1.54, 1.807) is 0 Å². The summed E-state index contributed by atoms with van der Waals surface area (Å²) in [6, 6.07) is 19.1. The molecule has 1 N–H and O–H groups in total. The summed E-state index contributed by atoms with van der Waals surface area (Å²) >= 11 is 0. The van der Waals surface area contributed by atoms with Gasteiger partial charge in [-0.15, -0.1) is 5.92 Å². The lowest BCUT2D eigenvalue weighted by Crippen LogP contribution is -2.26. The molecule has 0 saturated carbocycles. The monoisotopic (exact) mass is 302 g/mol. The molecular weight excluding hydrogens is 280 g/mol. The maximum Gasteiger partial charge on any atom is 0.0604 e. The second-order valence-corrected chi connectivity index (χ2v) is 5.73. The summed E-state index contributed by atoms with van der Waals surface area (Å²) in [6.45, 7) is 4.66. The van der Waals surface area contributed by atoms with Crippen LogP contribution in [0.25, 0.3) is 10.9 Å². The molecule has 0 aliphatic rings. The lowest BCUT2D eigenvalue weighted by atomic mass is 10.1. The normalized spacial score (nSPS) is 10.7. The molecule has 1 heterocycles. The first-order chi connectivity index (χ1) is 11.4. The van der Waals surface area contributed by atoms with Gasteiger partial charge in [0.05, 0.1) is 6.54 Å². The molecule has 0 aliphatic carbocycles. The first-order valence-corrected chi connectivity index (χ1v) is 8.07. The zero-order valence-corrected chi connectivity index (χ0v) is 13.5. The molecule has 2 aromatic carbocycles. The lowest BCUT2D eigenvalue weighted by molar-refractivity contribution is 0.303. The largest absolute Gasteiger partial charge is 0.361 e. The fourth-order valence-electron chi connectivity index (χ4n) is 2.86. The Morgan fingerprint density at radius 1 is 1.00 bits per heavy atom. The van der Waals surface area contributed by atoms with Crippen LogP contribution in [0.4, 0.5) is 0 Å². The summed E-state index contributed by atoms with van der Waals surface area (Å²) in [7, 11) is 0. The fraction of sp³-hybridized carbons (Fsp3) is 0.238. The number of rotatable bonds is 6. The van der Waals surface area contributed by atoms with E-state index in [0.29, 0.717) is 0 Å². The number of benzene rings is 2. The van der Waals surface area contributed by atoms with Crippen LogP contribution < -0.4 is 0 Å². The van der Waals surface area contributed by atoms with E-state index in [4.69, 9.17) is 0 Å². The summed E-state index contributed by atoms with van der Waals surface area (Å²) in [5.41, 5.74) is 3.93. The SMILES string of the molecule is CC#CCN(CCc1c[nH]c2ccccc12)Cc1ccccc1. The smallest absolute Gasteiger partial charge is 0.0604 e. The molecule has 0 spiro atoms. The van der Waals surface area contributed by atoms with Crippen LogP contribution in [0.5, 0.6) is 0 Å². The van der Waals surface area contributed by atoms with Gasteiger partial charge >= 0.3 is 0 Å². The quantitative estimate of drug-likeness (QED) is 0.675. The van der Waals surface area contributed by atoms with Crippen LogP contribution in [-0.4, -0.2) is 23.0 Å². The van der Waals surface area contributed by atoms with Crippen molar-refractivity contribution in [3.8, 4) is 11.8 Å². The Morgan fingerprint density at radius 2 is 1.78 bits per heavy atom. The number of aromatic amines is 1. The number of hydrogen-bond donors (Lipinski definition) is 1. The van der Waals surface area contributed by atoms with E-state index in [-0.39, 0.29) is 0 Å². The molecular formula is C21H22N2. The molecule has 0 radical (unpaired) electrons. The second-order valence-electron chi connectivity index (χ2n) is 5.73. The van der Waals surface area contributed by atoms with Gasteiger partial charge in [-0.25, -0.2) is 0 Å². The van der Waals surface area contributed by atoms with Crippen LogP contribution in [0.1, 0.15) is 18.1 Å². The number of nitrogens with one attached hydrogen (secondary N) is 1. The Morgan fingerprint density at radius 3 is 2.61 bits per heavy atom. The van der Waals surface area contributed by atoms with E-state index in [9.17, 15) is 0 Å². The molecule has 116 valence electrons. The Kier molecular flexibility index (Phi) is 5.13. The van der Waals surface area contributed by atoms with Crippen LogP contribution >= 0.6 is 0 Å². The Hall–Kier alpha value is -2.50. The van der Waals surface area contributed by atoms with Crippen molar-refractivity contribution in [2.24, 2.45) is 0 Å². The molecule has 0 aliphatic heterocycles. The van der Waals surface area contributed by atoms with Gasteiger partial charge in [0.25, 0.3) is 0 Å². The maximum atomic E-state index is 3.36. The van der Waals surface area contributed by atoms with Crippen LogP contribution in [0.15, 0.2) is 60.8 Å². The highest BCUT2D eigenvalue weighted by atomic mass is 15.1. The fourth-order valence-corrected chi connectivity index (χ4v) is 2.86. The number of nitrogens with zero attached hydrogens (tertiary/aromatic N) is 1. The summed E-state index contributed by atoms with van der Waals surface area (Å²) in [5.74, 6) is 6.21. The average molecular weight is 302 g/mol. The molecule has 3 aromatic rings. The predicted octanol–water partition coefficient (Wildman–Crippen LogP) is 4.24. The van der Waals surface area contributed by atoms with Gasteiger partial charge < -0.3 is 4.98 Å². The van der Waals surface area contributed by atoms with Gasteiger partial charge in [0.15, 0.2) is 0 Å². The van der Waals surface area contributed by atoms with Crippen molar-refractivity contribution < 1.29 is 0 Å². The lowest BCUT2D eigenvalue weighted by Gasteiger charge is -2.19. The first kappa shape index (κ1) is 15.4. The van der Waals surface area contributed by atoms with E-state index in [2.05, 4.69) is 82.5 Å². The molecule has 0 amide bonds. The summed E-state index contributed by atoms with van der Waals surface area (Å²) in [4.78, 5) is 5.77. The minimum absolute atomic E-state index is 0.813. The highest BCUT2D eigenvalue weighted by Crippen LogP contribution is 2.18. The van der Waals surface area contributed by atoms with Gasteiger partial charge in [-0.3, -0.25) is 4.90 Å². The molecule has 2 heteroatoms. The Bertz CT molecular complexity index is 806. The second kappa shape index (κ2) is 7.67. The van der Waals surface area contributed by atoms with E-state index < -0.39 is 0 Å². The molecule has 1 aromatic heterocycles. The van der Waals surface area contributed by atoms with Gasteiger partial charge in [0.1, 0.15) is 0 Å². The highest BCUT2D eigenvalue weighted by Gasteiger charge is 2.08. The highest BCUT2D eigenvalue weighted by molar-refractivity contribution is 5.83. The standard InChI is InChI=1S/C21H22N2/c1-2-3-14-23(17-18-9-5-4-6-10-18)15-13-19-16-22-21-12-8-7-11-20(19)21/h4-12,16,22H,13-15,17H2,1H3.